The molecule has 0 aromatic rings. The van der Waals surface area contributed by atoms with Gasteiger partial charge in [0.1, 0.15) is 19.9 Å². The molecule has 1 saturated heterocycles. The number of hydrogen-bond acceptors (Lipinski definition) is 6. The monoisotopic (exact) mass is 256 g/mol. The Kier molecular flexibility index (Phi) is 5.57. The van der Waals surface area contributed by atoms with Crippen molar-refractivity contribution >= 4 is 17.3 Å². The van der Waals surface area contributed by atoms with Gasteiger partial charge in [0, 0.05) is 19.1 Å². The predicted molar refractivity (Wildman–Crippen MR) is 68.4 cm³/mol. The number of carbonyl (C=O) groups is 1. The second kappa shape index (κ2) is 6.95. The van der Waals surface area contributed by atoms with Crippen LogP contribution >= 0.6 is 0 Å². The molecular formula is C11H20N4O3. The number of oxime groups is 2. The summed E-state index contributed by atoms with van der Waals surface area (Å²) in [6.07, 6.45) is 1.60. The topological polar surface area (TPSA) is 89.5 Å². The van der Waals surface area contributed by atoms with E-state index in [0.29, 0.717) is 18.8 Å². The Balaban J connectivity index is 2.78. The maximum atomic E-state index is 12.2. The molecule has 0 aromatic heterocycles. The van der Waals surface area contributed by atoms with Crippen LogP contribution in [0, 0.1) is 0 Å². The van der Waals surface area contributed by atoms with Crippen molar-refractivity contribution in [3.63, 3.8) is 0 Å². The van der Waals surface area contributed by atoms with E-state index < -0.39 is 0 Å². The first-order chi connectivity index (χ1) is 8.60. The highest BCUT2D eigenvalue weighted by Crippen LogP contribution is 2.09. The van der Waals surface area contributed by atoms with Crippen LogP contribution < -0.4 is 5.73 Å². The van der Waals surface area contributed by atoms with Gasteiger partial charge in [-0.05, 0) is 19.8 Å². The molecule has 102 valence electrons. The maximum Gasteiger partial charge on any atom is 0.277 e. The van der Waals surface area contributed by atoms with Crippen LogP contribution in [0.15, 0.2) is 10.3 Å². The first-order valence-electron chi connectivity index (χ1n) is 5.84. The SMILES string of the molecule is CON=C(C)C(=NOC)C(=O)N1CCC(N)CC1. The molecule has 0 aliphatic carbocycles. The predicted octanol–water partition coefficient (Wildman–Crippen LogP) is -0.0392. The van der Waals surface area contributed by atoms with Gasteiger partial charge >= 0.3 is 0 Å². The van der Waals surface area contributed by atoms with Crippen molar-refractivity contribution in [2.75, 3.05) is 27.3 Å². The summed E-state index contributed by atoms with van der Waals surface area (Å²) in [7, 11) is 2.80. The smallest absolute Gasteiger partial charge is 0.277 e. The van der Waals surface area contributed by atoms with Crippen molar-refractivity contribution in [1.82, 2.24) is 4.90 Å². The zero-order valence-electron chi connectivity index (χ0n) is 11.0. The van der Waals surface area contributed by atoms with E-state index in [0.717, 1.165) is 12.8 Å². The summed E-state index contributed by atoms with van der Waals surface area (Å²) in [6, 6.07) is 0.172. The van der Waals surface area contributed by atoms with Crippen LogP contribution in [0.1, 0.15) is 19.8 Å². The molecule has 1 aliphatic rings. The quantitative estimate of drug-likeness (QED) is 0.564. The lowest BCUT2D eigenvalue weighted by molar-refractivity contribution is -0.125. The standard InChI is InChI=1S/C11H20N4O3/c1-8(13-17-2)10(14-18-3)11(16)15-6-4-9(12)5-7-15/h9H,4-7,12H2,1-3H3. The first kappa shape index (κ1) is 14.4. The minimum atomic E-state index is -0.206. The van der Waals surface area contributed by atoms with Gasteiger partial charge in [-0.1, -0.05) is 10.3 Å². The summed E-state index contributed by atoms with van der Waals surface area (Å²) in [5.41, 5.74) is 6.35. The minimum absolute atomic E-state index is 0.162. The average molecular weight is 256 g/mol. The fourth-order valence-electron chi connectivity index (χ4n) is 1.78. The number of likely N-dealkylation sites (tertiary alicyclic amines) is 1. The van der Waals surface area contributed by atoms with Gasteiger partial charge in [-0.3, -0.25) is 4.79 Å². The van der Waals surface area contributed by atoms with Crippen molar-refractivity contribution in [3.8, 4) is 0 Å². The number of amides is 1. The second-order valence-corrected chi connectivity index (χ2v) is 4.11. The zero-order valence-corrected chi connectivity index (χ0v) is 11.0. The number of nitrogens with two attached hydrogens (primary N) is 1. The highest BCUT2D eigenvalue weighted by molar-refractivity contribution is 6.66. The summed E-state index contributed by atoms with van der Waals surface area (Å²) in [4.78, 5) is 23.3. The maximum absolute atomic E-state index is 12.2. The van der Waals surface area contributed by atoms with E-state index in [1.54, 1.807) is 11.8 Å². The summed E-state index contributed by atoms with van der Waals surface area (Å²) in [5, 5.41) is 7.43. The molecule has 1 heterocycles. The molecule has 0 saturated carbocycles. The van der Waals surface area contributed by atoms with Crippen molar-refractivity contribution < 1.29 is 14.5 Å². The molecule has 0 radical (unpaired) electrons. The first-order valence-corrected chi connectivity index (χ1v) is 5.84. The molecule has 0 atom stereocenters. The van der Waals surface area contributed by atoms with Gasteiger partial charge in [-0.2, -0.15) is 0 Å². The second-order valence-electron chi connectivity index (χ2n) is 4.11. The lowest BCUT2D eigenvalue weighted by Gasteiger charge is -2.30. The van der Waals surface area contributed by atoms with Crippen LogP contribution in [-0.4, -0.2) is 55.6 Å². The Morgan fingerprint density at radius 1 is 1.22 bits per heavy atom. The number of rotatable bonds is 4. The summed E-state index contributed by atoms with van der Waals surface area (Å²) in [5.74, 6) is -0.206. The van der Waals surface area contributed by atoms with E-state index in [1.165, 1.54) is 14.2 Å². The van der Waals surface area contributed by atoms with Gasteiger partial charge in [0.25, 0.3) is 5.91 Å². The van der Waals surface area contributed by atoms with E-state index in [-0.39, 0.29) is 17.7 Å². The Bertz CT molecular complexity index is 346. The number of piperidine rings is 1. The molecule has 0 aromatic carbocycles. The highest BCUT2D eigenvalue weighted by atomic mass is 16.6. The Labute approximate surface area is 107 Å². The molecule has 18 heavy (non-hydrogen) atoms. The van der Waals surface area contributed by atoms with Crippen molar-refractivity contribution in [1.29, 1.82) is 0 Å². The molecule has 7 nitrogen and oxygen atoms in total. The molecule has 1 fully saturated rings. The largest absolute Gasteiger partial charge is 0.399 e. The average Bonchev–Trinajstić information content (AvgIpc) is 2.36. The number of nitrogens with zero attached hydrogens (tertiary/aromatic N) is 3. The Morgan fingerprint density at radius 2 is 1.78 bits per heavy atom. The fraction of sp³-hybridized carbons (Fsp3) is 0.727. The minimum Gasteiger partial charge on any atom is -0.399 e. The van der Waals surface area contributed by atoms with Crippen LogP contribution in [0.5, 0.6) is 0 Å². The molecule has 1 rings (SSSR count). The Morgan fingerprint density at radius 3 is 2.28 bits per heavy atom. The molecule has 0 spiro atoms. The lowest BCUT2D eigenvalue weighted by atomic mass is 10.1. The third kappa shape index (κ3) is 3.69. The van der Waals surface area contributed by atoms with E-state index in [1.807, 2.05) is 0 Å². The normalized spacial score (nSPS) is 18.8. The van der Waals surface area contributed by atoms with Gasteiger partial charge < -0.3 is 20.3 Å². The third-order valence-electron chi connectivity index (χ3n) is 2.78. The highest BCUT2D eigenvalue weighted by Gasteiger charge is 2.26. The van der Waals surface area contributed by atoms with Crippen LogP contribution in [0.3, 0.4) is 0 Å². The van der Waals surface area contributed by atoms with Crippen LogP contribution in [0.2, 0.25) is 0 Å². The van der Waals surface area contributed by atoms with Crippen LogP contribution in [0.4, 0.5) is 0 Å². The van der Waals surface area contributed by atoms with Gasteiger partial charge in [0.05, 0.1) is 0 Å². The van der Waals surface area contributed by atoms with Gasteiger partial charge in [0.15, 0.2) is 5.71 Å². The molecule has 0 unspecified atom stereocenters. The van der Waals surface area contributed by atoms with Crippen LogP contribution in [-0.2, 0) is 14.5 Å². The van der Waals surface area contributed by atoms with Gasteiger partial charge in [-0.15, -0.1) is 0 Å². The molecule has 7 heteroatoms. The summed E-state index contributed by atoms with van der Waals surface area (Å²) in [6.45, 7) is 2.90. The number of carbonyl (C=O) groups excluding carboxylic acids is 1. The van der Waals surface area contributed by atoms with Crippen molar-refractivity contribution in [2.24, 2.45) is 16.0 Å². The number of hydrogen-bond donors (Lipinski definition) is 1. The van der Waals surface area contributed by atoms with Crippen LogP contribution in [0.25, 0.3) is 0 Å². The summed E-state index contributed by atoms with van der Waals surface area (Å²) < 4.78 is 0. The van der Waals surface area contributed by atoms with Crippen molar-refractivity contribution in [3.05, 3.63) is 0 Å². The molecule has 0 bridgehead atoms. The molecule has 1 aliphatic heterocycles. The zero-order chi connectivity index (χ0) is 13.5. The summed E-state index contributed by atoms with van der Waals surface area (Å²) >= 11 is 0. The Hall–Kier alpha value is -1.63. The van der Waals surface area contributed by atoms with Crippen molar-refractivity contribution in [2.45, 2.75) is 25.8 Å². The lowest BCUT2D eigenvalue weighted by Crippen LogP contribution is -2.46. The van der Waals surface area contributed by atoms with E-state index in [2.05, 4.69) is 20.0 Å². The van der Waals surface area contributed by atoms with Gasteiger partial charge in [-0.25, -0.2) is 0 Å². The van der Waals surface area contributed by atoms with Gasteiger partial charge in [0.2, 0.25) is 0 Å². The van der Waals surface area contributed by atoms with E-state index in [9.17, 15) is 4.79 Å². The molecule has 1 amide bonds. The molecular weight excluding hydrogens is 236 g/mol. The van der Waals surface area contributed by atoms with E-state index in [4.69, 9.17) is 5.73 Å². The molecule has 2 N–H and O–H groups in total. The van der Waals surface area contributed by atoms with E-state index >= 15 is 0 Å². The fourth-order valence-corrected chi connectivity index (χ4v) is 1.78. The third-order valence-corrected chi connectivity index (χ3v) is 2.78.